The molecule has 0 aliphatic heterocycles. The summed E-state index contributed by atoms with van der Waals surface area (Å²) in [4.78, 5) is 35.8. The van der Waals surface area contributed by atoms with E-state index in [1.807, 2.05) is 31.2 Å². The molecule has 8 nitrogen and oxygen atoms in total. The van der Waals surface area contributed by atoms with Gasteiger partial charge in [-0.3, -0.25) is 4.79 Å². The molecule has 34 heavy (non-hydrogen) atoms. The van der Waals surface area contributed by atoms with Gasteiger partial charge in [0, 0.05) is 26.0 Å². The number of carbonyl (C=O) groups excluding carboxylic acids is 2. The minimum Gasteiger partial charge on any atom is -0.480 e. The molecule has 0 saturated heterocycles. The molecule has 2 aromatic rings. The Hall–Kier alpha value is -3.39. The zero-order valence-electron chi connectivity index (χ0n) is 19.7. The van der Waals surface area contributed by atoms with Crippen molar-refractivity contribution in [3.63, 3.8) is 0 Å². The SMILES string of the molecule is CO[C@H](C)[C@H](NC(=O)CC(C)CCNC(=O)OCC1c2ccccc2-c2ccccc21)C(=O)O. The van der Waals surface area contributed by atoms with Crippen LogP contribution in [0.5, 0.6) is 0 Å². The predicted molar refractivity (Wildman–Crippen MR) is 128 cm³/mol. The summed E-state index contributed by atoms with van der Waals surface area (Å²) in [6.45, 7) is 4.04. The number of rotatable bonds is 11. The van der Waals surface area contributed by atoms with Gasteiger partial charge in [0.15, 0.2) is 6.04 Å². The lowest BCUT2D eigenvalue weighted by Crippen LogP contribution is -2.48. The number of benzene rings is 2. The number of carboxylic acid groups (broad SMARTS) is 1. The lowest BCUT2D eigenvalue weighted by molar-refractivity contribution is -0.145. The molecule has 0 saturated carbocycles. The third kappa shape index (κ3) is 6.14. The molecule has 2 amide bonds. The standard InChI is InChI=1S/C26H32N2O6/c1-16(14-23(29)28-24(25(30)31)17(2)33-3)12-13-27-26(32)34-15-22-20-10-6-4-8-18(20)19-9-5-7-11-21(19)22/h4-11,16-17,22,24H,12-15H2,1-3H3,(H,27,32)(H,28,29)(H,30,31)/t16?,17-,24+/m1/s1. The van der Waals surface area contributed by atoms with Crippen molar-refractivity contribution in [3.8, 4) is 11.1 Å². The van der Waals surface area contributed by atoms with Gasteiger partial charge in [-0.1, -0.05) is 55.5 Å². The second kappa shape index (κ2) is 11.7. The van der Waals surface area contributed by atoms with Crippen LogP contribution in [0.3, 0.4) is 0 Å². The number of fused-ring (bicyclic) bond motifs is 3. The molecule has 0 fully saturated rings. The van der Waals surface area contributed by atoms with Crippen molar-refractivity contribution in [1.82, 2.24) is 10.6 Å². The van der Waals surface area contributed by atoms with Crippen LogP contribution in [-0.4, -0.2) is 55.5 Å². The molecule has 182 valence electrons. The Balaban J connectivity index is 1.42. The maximum Gasteiger partial charge on any atom is 0.407 e. The van der Waals surface area contributed by atoms with Gasteiger partial charge < -0.3 is 25.2 Å². The van der Waals surface area contributed by atoms with E-state index in [-0.39, 0.29) is 30.8 Å². The summed E-state index contributed by atoms with van der Waals surface area (Å²) >= 11 is 0. The first kappa shape index (κ1) is 25.2. The number of hydrogen-bond donors (Lipinski definition) is 3. The van der Waals surface area contributed by atoms with Crippen LogP contribution >= 0.6 is 0 Å². The summed E-state index contributed by atoms with van der Waals surface area (Å²) in [7, 11) is 1.39. The first-order chi connectivity index (χ1) is 16.3. The third-order valence-electron chi connectivity index (χ3n) is 6.21. The normalized spacial score (nSPS) is 14.9. The van der Waals surface area contributed by atoms with E-state index in [9.17, 15) is 19.5 Å². The molecule has 0 radical (unpaired) electrons. The lowest BCUT2D eigenvalue weighted by atomic mass is 9.98. The molecule has 3 rings (SSSR count). The summed E-state index contributed by atoms with van der Waals surface area (Å²) in [5, 5.41) is 14.5. The van der Waals surface area contributed by atoms with Crippen LogP contribution in [0.4, 0.5) is 4.79 Å². The molecule has 8 heteroatoms. The van der Waals surface area contributed by atoms with Crippen molar-refractivity contribution in [2.45, 2.75) is 44.8 Å². The largest absolute Gasteiger partial charge is 0.480 e. The zero-order chi connectivity index (χ0) is 24.7. The average Bonchev–Trinajstić information content (AvgIpc) is 3.14. The third-order valence-corrected chi connectivity index (χ3v) is 6.21. The number of carbonyl (C=O) groups is 3. The van der Waals surface area contributed by atoms with Crippen molar-refractivity contribution in [2.75, 3.05) is 20.3 Å². The Morgan fingerprint density at radius 3 is 2.15 bits per heavy atom. The van der Waals surface area contributed by atoms with Gasteiger partial charge >= 0.3 is 12.1 Å². The number of carboxylic acids is 1. The molecule has 0 spiro atoms. The van der Waals surface area contributed by atoms with Crippen molar-refractivity contribution in [1.29, 1.82) is 0 Å². The first-order valence-electron chi connectivity index (χ1n) is 11.5. The molecule has 2 aromatic carbocycles. The highest BCUT2D eigenvalue weighted by atomic mass is 16.5. The van der Waals surface area contributed by atoms with Crippen LogP contribution in [0, 0.1) is 5.92 Å². The maximum atomic E-state index is 12.3. The highest BCUT2D eigenvalue weighted by molar-refractivity contribution is 5.84. The fraction of sp³-hybridized carbons (Fsp3) is 0.423. The van der Waals surface area contributed by atoms with Gasteiger partial charge in [-0.2, -0.15) is 0 Å². The molecule has 0 bridgehead atoms. The topological polar surface area (TPSA) is 114 Å². The first-order valence-corrected chi connectivity index (χ1v) is 11.5. The van der Waals surface area contributed by atoms with Gasteiger partial charge in [0.25, 0.3) is 0 Å². The smallest absolute Gasteiger partial charge is 0.407 e. The van der Waals surface area contributed by atoms with Gasteiger partial charge in [-0.05, 0) is 41.5 Å². The van der Waals surface area contributed by atoms with Gasteiger partial charge in [0.05, 0.1) is 6.10 Å². The van der Waals surface area contributed by atoms with Crippen molar-refractivity contribution in [3.05, 3.63) is 59.7 Å². The number of hydrogen-bond acceptors (Lipinski definition) is 5. The van der Waals surface area contributed by atoms with E-state index >= 15 is 0 Å². The van der Waals surface area contributed by atoms with Crippen molar-refractivity contribution in [2.24, 2.45) is 5.92 Å². The highest BCUT2D eigenvalue weighted by Gasteiger charge is 2.29. The average molecular weight is 469 g/mol. The van der Waals surface area contributed by atoms with E-state index < -0.39 is 24.2 Å². The Morgan fingerprint density at radius 2 is 1.59 bits per heavy atom. The molecule has 3 N–H and O–H groups in total. The van der Waals surface area contributed by atoms with Gasteiger partial charge in [-0.15, -0.1) is 0 Å². The summed E-state index contributed by atoms with van der Waals surface area (Å²) in [6.07, 6.45) is -0.452. The second-order valence-electron chi connectivity index (χ2n) is 8.67. The Bertz CT molecular complexity index is 978. The van der Waals surface area contributed by atoms with E-state index in [4.69, 9.17) is 9.47 Å². The lowest BCUT2D eigenvalue weighted by Gasteiger charge is -2.21. The molecule has 0 heterocycles. The Kier molecular flexibility index (Phi) is 8.65. The van der Waals surface area contributed by atoms with Crippen LogP contribution in [0.1, 0.15) is 43.7 Å². The monoisotopic (exact) mass is 468 g/mol. The van der Waals surface area contributed by atoms with Crippen LogP contribution in [0.15, 0.2) is 48.5 Å². The molecular weight excluding hydrogens is 436 g/mol. The molecule has 0 aromatic heterocycles. The number of ether oxygens (including phenoxy) is 2. The Morgan fingerprint density at radius 1 is 1.00 bits per heavy atom. The van der Waals surface area contributed by atoms with Crippen molar-refractivity contribution >= 4 is 18.0 Å². The number of methoxy groups -OCH3 is 1. The molecule has 3 atom stereocenters. The predicted octanol–water partition coefficient (Wildman–Crippen LogP) is 3.55. The Labute approximate surface area is 199 Å². The van der Waals surface area contributed by atoms with E-state index in [1.165, 1.54) is 18.2 Å². The van der Waals surface area contributed by atoms with E-state index in [1.54, 1.807) is 6.92 Å². The van der Waals surface area contributed by atoms with Crippen LogP contribution in [-0.2, 0) is 19.1 Å². The fourth-order valence-electron chi connectivity index (χ4n) is 4.24. The van der Waals surface area contributed by atoms with Crippen LogP contribution in [0.25, 0.3) is 11.1 Å². The van der Waals surface area contributed by atoms with Crippen molar-refractivity contribution < 1.29 is 29.0 Å². The highest BCUT2D eigenvalue weighted by Crippen LogP contribution is 2.44. The van der Waals surface area contributed by atoms with E-state index in [2.05, 4.69) is 34.9 Å². The zero-order valence-corrected chi connectivity index (χ0v) is 19.7. The fourth-order valence-corrected chi connectivity index (χ4v) is 4.24. The number of amides is 2. The number of aliphatic carboxylic acids is 1. The second-order valence-corrected chi connectivity index (χ2v) is 8.67. The van der Waals surface area contributed by atoms with Crippen LogP contribution in [0.2, 0.25) is 0 Å². The molecule has 1 unspecified atom stereocenters. The minimum atomic E-state index is -1.15. The van der Waals surface area contributed by atoms with Crippen LogP contribution < -0.4 is 10.6 Å². The summed E-state index contributed by atoms with van der Waals surface area (Å²) in [5.74, 6) is -1.57. The minimum absolute atomic E-state index is 0.00237. The van der Waals surface area contributed by atoms with E-state index in [0.717, 1.165) is 11.1 Å². The summed E-state index contributed by atoms with van der Waals surface area (Å²) < 4.78 is 10.5. The summed E-state index contributed by atoms with van der Waals surface area (Å²) in [5.41, 5.74) is 4.64. The molecule has 1 aliphatic rings. The maximum absolute atomic E-state index is 12.3. The van der Waals surface area contributed by atoms with Gasteiger partial charge in [-0.25, -0.2) is 9.59 Å². The van der Waals surface area contributed by atoms with E-state index in [0.29, 0.717) is 13.0 Å². The summed E-state index contributed by atoms with van der Waals surface area (Å²) in [6, 6.07) is 15.2. The molecular formula is C26H32N2O6. The number of alkyl carbamates (subject to hydrolysis) is 1. The quantitative estimate of drug-likeness (QED) is 0.465. The van der Waals surface area contributed by atoms with Gasteiger partial charge in [0.1, 0.15) is 6.61 Å². The van der Waals surface area contributed by atoms with Gasteiger partial charge in [0.2, 0.25) is 5.91 Å². The number of nitrogens with one attached hydrogen (secondary N) is 2. The molecule has 1 aliphatic carbocycles.